The first-order valence-electron chi connectivity index (χ1n) is 9.81. The Kier molecular flexibility index (Phi) is 3.55. The molecule has 1 nitrogen and oxygen atoms in total. The van der Waals surface area contributed by atoms with Crippen LogP contribution in [0.1, 0.15) is 78.1 Å². The van der Waals surface area contributed by atoms with E-state index in [2.05, 4.69) is 19.9 Å². The van der Waals surface area contributed by atoms with E-state index in [1.807, 2.05) is 0 Å². The number of rotatable bonds is 2. The van der Waals surface area contributed by atoms with E-state index in [0.717, 1.165) is 11.8 Å². The summed E-state index contributed by atoms with van der Waals surface area (Å²) in [6.07, 6.45) is 17.1. The van der Waals surface area contributed by atoms with Crippen LogP contribution in [-0.2, 0) is 4.79 Å². The lowest BCUT2D eigenvalue weighted by Crippen LogP contribution is -2.51. The molecule has 0 unspecified atom stereocenters. The number of aldehydes is 1. The van der Waals surface area contributed by atoms with E-state index < -0.39 is 0 Å². The van der Waals surface area contributed by atoms with Gasteiger partial charge in [0, 0.05) is 5.41 Å². The average molecular weight is 300 g/mol. The fourth-order valence-corrected chi connectivity index (χ4v) is 7.42. The third-order valence-corrected chi connectivity index (χ3v) is 8.50. The first-order valence-corrected chi connectivity index (χ1v) is 9.81. The van der Waals surface area contributed by atoms with Crippen molar-refractivity contribution < 1.29 is 4.79 Å². The van der Waals surface area contributed by atoms with Crippen LogP contribution >= 0.6 is 0 Å². The zero-order valence-electron chi connectivity index (χ0n) is 14.4. The van der Waals surface area contributed by atoms with Crippen molar-refractivity contribution in [2.45, 2.75) is 78.1 Å². The molecule has 0 aliphatic heterocycles. The summed E-state index contributed by atoms with van der Waals surface area (Å²) >= 11 is 0. The highest BCUT2D eigenvalue weighted by Gasteiger charge is 2.60. The number of hydrogen-bond donors (Lipinski definition) is 0. The van der Waals surface area contributed by atoms with E-state index in [0.29, 0.717) is 17.3 Å². The van der Waals surface area contributed by atoms with Crippen LogP contribution in [0, 0.1) is 34.5 Å². The van der Waals surface area contributed by atoms with Crippen LogP contribution in [0.15, 0.2) is 11.6 Å². The average Bonchev–Trinajstić information content (AvgIpc) is 2.93. The van der Waals surface area contributed by atoms with Gasteiger partial charge < -0.3 is 4.79 Å². The smallest absolute Gasteiger partial charge is 0.126 e. The minimum atomic E-state index is 0.0577. The number of carbonyl (C=O) groups excluding carboxylic acids is 1. The fourth-order valence-electron chi connectivity index (χ4n) is 7.42. The van der Waals surface area contributed by atoms with E-state index >= 15 is 0 Å². The van der Waals surface area contributed by atoms with Crippen molar-refractivity contribution in [2.24, 2.45) is 34.5 Å². The van der Waals surface area contributed by atoms with Crippen LogP contribution in [0.25, 0.3) is 0 Å². The summed E-state index contributed by atoms with van der Waals surface area (Å²) in [5.74, 6) is 3.07. The second kappa shape index (κ2) is 5.21. The summed E-state index contributed by atoms with van der Waals surface area (Å²) in [5, 5.41) is 0. The Morgan fingerprint density at radius 1 is 1.18 bits per heavy atom. The lowest BCUT2D eigenvalue weighted by molar-refractivity contribution is -0.130. The predicted octanol–water partition coefficient (Wildman–Crippen LogP) is 5.54. The molecule has 0 radical (unpaired) electrons. The minimum absolute atomic E-state index is 0.0577. The van der Waals surface area contributed by atoms with Crippen LogP contribution in [0.5, 0.6) is 0 Å². The second-order valence-electron chi connectivity index (χ2n) is 8.91. The Bertz CT molecular complexity index is 492. The first-order chi connectivity index (χ1) is 10.7. The standard InChI is InChI=1S/C21H32O/c1-3-15-8-10-19-17-9-7-16-6-4-5-12-20(16,2)18(17)11-13-21(15,19)14-22/h6,14-15,17-19H,3-5,7-13H2,1-2H3/t15-,17+,18-,19-,20-,21-/m0/s1. The van der Waals surface area contributed by atoms with Crippen LogP contribution in [-0.4, -0.2) is 6.29 Å². The number of fused-ring (bicyclic) bond motifs is 5. The summed E-state index contributed by atoms with van der Waals surface area (Å²) < 4.78 is 0. The van der Waals surface area contributed by atoms with E-state index in [9.17, 15) is 4.79 Å². The first kappa shape index (κ1) is 15.0. The van der Waals surface area contributed by atoms with Crippen LogP contribution in [0.3, 0.4) is 0 Å². The SMILES string of the molecule is CC[C@H]1CC[C@H]2[C@@H]3CCC4=CCCC[C@]4(C)[C@H]3CC[C@]12C=O. The zero-order chi connectivity index (χ0) is 15.4. The Balaban J connectivity index is 1.69. The molecule has 4 rings (SSSR count). The minimum Gasteiger partial charge on any atom is -0.303 e. The number of hydrogen-bond acceptors (Lipinski definition) is 1. The fraction of sp³-hybridized carbons (Fsp3) is 0.857. The molecule has 22 heavy (non-hydrogen) atoms. The van der Waals surface area contributed by atoms with Crippen molar-refractivity contribution in [1.29, 1.82) is 0 Å². The third kappa shape index (κ3) is 1.80. The van der Waals surface area contributed by atoms with Gasteiger partial charge in [0.1, 0.15) is 6.29 Å². The molecule has 0 amide bonds. The molecule has 0 saturated heterocycles. The summed E-state index contributed by atoms with van der Waals surface area (Å²) in [4.78, 5) is 12.2. The van der Waals surface area contributed by atoms with Crippen molar-refractivity contribution in [3.8, 4) is 0 Å². The summed E-state index contributed by atoms with van der Waals surface area (Å²) in [7, 11) is 0. The Hall–Kier alpha value is -0.590. The molecule has 0 aromatic heterocycles. The van der Waals surface area contributed by atoms with Crippen molar-refractivity contribution in [1.82, 2.24) is 0 Å². The van der Waals surface area contributed by atoms with E-state index in [1.165, 1.54) is 70.5 Å². The van der Waals surface area contributed by atoms with Gasteiger partial charge >= 0.3 is 0 Å². The van der Waals surface area contributed by atoms with E-state index in [1.54, 1.807) is 5.57 Å². The predicted molar refractivity (Wildman–Crippen MR) is 90.5 cm³/mol. The van der Waals surface area contributed by atoms with Crippen molar-refractivity contribution >= 4 is 6.29 Å². The van der Waals surface area contributed by atoms with Crippen molar-refractivity contribution in [3.05, 3.63) is 11.6 Å². The molecule has 6 atom stereocenters. The number of carbonyl (C=O) groups is 1. The van der Waals surface area contributed by atoms with Crippen LogP contribution < -0.4 is 0 Å². The molecule has 3 fully saturated rings. The molecule has 0 N–H and O–H groups in total. The Morgan fingerprint density at radius 3 is 2.82 bits per heavy atom. The van der Waals surface area contributed by atoms with Crippen LogP contribution in [0.4, 0.5) is 0 Å². The van der Waals surface area contributed by atoms with Gasteiger partial charge in [-0.1, -0.05) is 31.9 Å². The van der Waals surface area contributed by atoms with Gasteiger partial charge in [0.25, 0.3) is 0 Å². The third-order valence-electron chi connectivity index (χ3n) is 8.50. The van der Waals surface area contributed by atoms with Gasteiger partial charge in [-0.2, -0.15) is 0 Å². The Labute approximate surface area is 135 Å². The van der Waals surface area contributed by atoms with Gasteiger partial charge in [-0.25, -0.2) is 0 Å². The van der Waals surface area contributed by atoms with Gasteiger partial charge in [0.2, 0.25) is 0 Å². The maximum atomic E-state index is 12.2. The van der Waals surface area contributed by atoms with E-state index in [4.69, 9.17) is 0 Å². The maximum absolute atomic E-state index is 12.2. The lowest BCUT2D eigenvalue weighted by atomic mass is 9.46. The van der Waals surface area contributed by atoms with E-state index in [-0.39, 0.29) is 5.41 Å². The Morgan fingerprint density at radius 2 is 2.05 bits per heavy atom. The van der Waals surface area contributed by atoms with Gasteiger partial charge in [-0.15, -0.1) is 0 Å². The summed E-state index contributed by atoms with van der Waals surface area (Å²) in [6.45, 7) is 4.86. The molecule has 0 heterocycles. The van der Waals surface area contributed by atoms with Gasteiger partial charge in [0.05, 0.1) is 0 Å². The molecule has 122 valence electrons. The van der Waals surface area contributed by atoms with Crippen LogP contribution in [0.2, 0.25) is 0 Å². The highest BCUT2D eigenvalue weighted by molar-refractivity contribution is 5.62. The molecule has 4 aliphatic rings. The van der Waals surface area contributed by atoms with Gasteiger partial charge in [-0.05, 0) is 86.9 Å². The zero-order valence-corrected chi connectivity index (χ0v) is 14.4. The second-order valence-corrected chi connectivity index (χ2v) is 8.91. The molecular formula is C21H32O. The monoisotopic (exact) mass is 300 g/mol. The summed E-state index contributed by atoms with van der Waals surface area (Å²) in [5.41, 5.74) is 2.31. The highest BCUT2D eigenvalue weighted by atomic mass is 16.1. The van der Waals surface area contributed by atoms with Crippen molar-refractivity contribution in [2.75, 3.05) is 0 Å². The topological polar surface area (TPSA) is 17.1 Å². The maximum Gasteiger partial charge on any atom is 0.126 e. The van der Waals surface area contributed by atoms with Crippen molar-refractivity contribution in [3.63, 3.8) is 0 Å². The summed E-state index contributed by atoms with van der Waals surface area (Å²) in [6, 6.07) is 0. The molecule has 0 bridgehead atoms. The highest BCUT2D eigenvalue weighted by Crippen LogP contribution is 2.66. The molecule has 0 aromatic rings. The normalized spacial score (nSPS) is 50.5. The van der Waals surface area contributed by atoms with Gasteiger partial charge in [-0.3, -0.25) is 0 Å². The largest absolute Gasteiger partial charge is 0.303 e. The lowest BCUT2D eigenvalue weighted by Gasteiger charge is -2.57. The molecule has 1 heteroatoms. The quantitative estimate of drug-likeness (QED) is 0.483. The molecule has 4 aliphatic carbocycles. The van der Waals surface area contributed by atoms with Gasteiger partial charge in [0.15, 0.2) is 0 Å². The molecular weight excluding hydrogens is 268 g/mol. The molecule has 0 spiro atoms. The molecule has 3 saturated carbocycles. The number of allylic oxidation sites excluding steroid dienone is 2. The molecule has 0 aromatic carbocycles.